The van der Waals surface area contributed by atoms with Crippen molar-refractivity contribution < 1.29 is 13.9 Å². The molecule has 0 aliphatic heterocycles. The molecule has 1 aromatic carbocycles. The van der Waals surface area contributed by atoms with Crippen LogP contribution in [0.5, 0.6) is 0 Å². The predicted molar refractivity (Wildman–Crippen MR) is 50.8 cm³/mol. The zero-order valence-corrected chi connectivity index (χ0v) is 7.90. The SMILES string of the molecule is COC(=O)c1ccc(F)c2cncnc12. The minimum atomic E-state index is -0.543. The lowest BCUT2D eigenvalue weighted by molar-refractivity contribution is 0.0602. The highest BCUT2D eigenvalue weighted by atomic mass is 19.1. The van der Waals surface area contributed by atoms with Gasteiger partial charge in [-0.05, 0) is 12.1 Å². The molecule has 1 aromatic heterocycles. The second kappa shape index (κ2) is 3.61. The molecule has 0 bridgehead atoms. The second-order valence-electron chi connectivity index (χ2n) is 2.87. The van der Waals surface area contributed by atoms with Crippen LogP contribution in [-0.4, -0.2) is 23.0 Å². The highest BCUT2D eigenvalue weighted by molar-refractivity contribution is 6.02. The summed E-state index contributed by atoms with van der Waals surface area (Å²) in [5, 5.41) is 0.209. The average Bonchev–Trinajstić information content (AvgIpc) is 2.29. The van der Waals surface area contributed by atoms with Crippen molar-refractivity contribution in [1.29, 1.82) is 0 Å². The largest absolute Gasteiger partial charge is 0.465 e. The number of nitrogens with zero attached hydrogens (tertiary/aromatic N) is 2. The summed E-state index contributed by atoms with van der Waals surface area (Å²) < 4.78 is 17.9. The summed E-state index contributed by atoms with van der Waals surface area (Å²) >= 11 is 0. The number of rotatable bonds is 1. The first kappa shape index (κ1) is 9.51. The van der Waals surface area contributed by atoms with Gasteiger partial charge in [0.1, 0.15) is 12.1 Å². The summed E-state index contributed by atoms with van der Waals surface area (Å²) in [6.07, 6.45) is 2.58. The second-order valence-corrected chi connectivity index (χ2v) is 2.87. The Morgan fingerprint density at radius 1 is 1.47 bits per heavy atom. The molecule has 0 saturated carbocycles. The van der Waals surface area contributed by atoms with Crippen LogP contribution < -0.4 is 0 Å². The number of benzene rings is 1. The molecule has 5 heteroatoms. The van der Waals surface area contributed by atoms with Crippen molar-refractivity contribution in [2.45, 2.75) is 0 Å². The fraction of sp³-hybridized carbons (Fsp3) is 0.100. The maximum absolute atomic E-state index is 13.3. The molecule has 76 valence electrons. The Kier molecular flexibility index (Phi) is 2.29. The molecule has 2 aromatic rings. The zero-order valence-electron chi connectivity index (χ0n) is 7.90. The Morgan fingerprint density at radius 2 is 2.27 bits per heavy atom. The van der Waals surface area contributed by atoms with E-state index in [0.717, 1.165) is 0 Å². The van der Waals surface area contributed by atoms with E-state index in [0.29, 0.717) is 0 Å². The Morgan fingerprint density at radius 3 is 3.00 bits per heavy atom. The normalized spacial score (nSPS) is 10.3. The summed E-state index contributed by atoms with van der Waals surface area (Å²) in [6.45, 7) is 0. The number of carbonyl (C=O) groups excluding carboxylic acids is 1. The van der Waals surface area contributed by atoms with Crippen molar-refractivity contribution in [2.24, 2.45) is 0 Å². The molecule has 0 aliphatic rings. The summed E-state index contributed by atoms with van der Waals surface area (Å²) in [5.74, 6) is -1.00. The van der Waals surface area contributed by atoms with Crippen LogP contribution in [0.25, 0.3) is 10.9 Å². The van der Waals surface area contributed by atoms with E-state index in [4.69, 9.17) is 0 Å². The highest BCUT2D eigenvalue weighted by Gasteiger charge is 2.13. The highest BCUT2D eigenvalue weighted by Crippen LogP contribution is 2.19. The van der Waals surface area contributed by atoms with Gasteiger partial charge >= 0.3 is 5.97 Å². The fourth-order valence-corrected chi connectivity index (χ4v) is 1.32. The number of methoxy groups -OCH3 is 1. The minimum absolute atomic E-state index is 0.209. The van der Waals surface area contributed by atoms with Crippen molar-refractivity contribution in [3.8, 4) is 0 Å². The first-order valence-electron chi connectivity index (χ1n) is 4.20. The number of fused-ring (bicyclic) bond motifs is 1. The van der Waals surface area contributed by atoms with Gasteiger partial charge in [-0.15, -0.1) is 0 Å². The summed E-state index contributed by atoms with van der Waals surface area (Å²) in [4.78, 5) is 18.9. The predicted octanol–water partition coefficient (Wildman–Crippen LogP) is 1.56. The molecule has 4 nitrogen and oxygen atoms in total. The maximum atomic E-state index is 13.3. The third-order valence-electron chi connectivity index (χ3n) is 2.03. The molecule has 0 radical (unpaired) electrons. The number of halogens is 1. The number of hydrogen-bond donors (Lipinski definition) is 0. The van der Waals surface area contributed by atoms with Crippen LogP contribution in [0.4, 0.5) is 4.39 Å². The fourth-order valence-electron chi connectivity index (χ4n) is 1.32. The van der Waals surface area contributed by atoms with Crippen LogP contribution in [0.15, 0.2) is 24.7 Å². The van der Waals surface area contributed by atoms with Gasteiger partial charge in [0.15, 0.2) is 0 Å². The molecule has 15 heavy (non-hydrogen) atoms. The molecular weight excluding hydrogens is 199 g/mol. The molecular formula is C10H7FN2O2. The van der Waals surface area contributed by atoms with E-state index in [1.54, 1.807) is 0 Å². The van der Waals surface area contributed by atoms with Crippen LogP contribution in [0.2, 0.25) is 0 Å². The molecule has 0 unspecified atom stereocenters. The lowest BCUT2D eigenvalue weighted by atomic mass is 10.1. The first-order chi connectivity index (χ1) is 7.24. The van der Waals surface area contributed by atoms with Gasteiger partial charge in [-0.25, -0.2) is 19.2 Å². The summed E-state index contributed by atoms with van der Waals surface area (Å²) in [6, 6.07) is 2.54. The van der Waals surface area contributed by atoms with E-state index >= 15 is 0 Å². The third kappa shape index (κ3) is 1.52. The van der Waals surface area contributed by atoms with Crippen molar-refractivity contribution in [3.05, 3.63) is 36.0 Å². The van der Waals surface area contributed by atoms with Crippen LogP contribution in [-0.2, 0) is 4.74 Å². The van der Waals surface area contributed by atoms with Gasteiger partial charge in [0.2, 0.25) is 0 Å². The minimum Gasteiger partial charge on any atom is -0.465 e. The molecule has 0 aliphatic carbocycles. The quantitative estimate of drug-likeness (QED) is 0.664. The van der Waals surface area contributed by atoms with Gasteiger partial charge < -0.3 is 4.74 Å². The van der Waals surface area contributed by atoms with Crippen LogP contribution in [0.3, 0.4) is 0 Å². The Labute approximate surface area is 84.7 Å². The molecule has 0 amide bonds. The van der Waals surface area contributed by atoms with Gasteiger partial charge in [-0.3, -0.25) is 0 Å². The van der Waals surface area contributed by atoms with E-state index in [9.17, 15) is 9.18 Å². The molecule has 0 N–H and O–H groups in total. The Bertz CT molecular complexity index is 528. The van der Waals surface area contributed by atoms with Crippen molar-refractivity contribution in [3.63, 3.8) is 0 Å². The smallest absolute Gasteiger partial charge is 0.340 e. The zero-order chi connectivity index (χ0) is 10.8. The van der Waals surface area contributed by atoms with E-state index in [2.05, 4.69) is 14.7 Å². The third-order valence-corrected chi connectivity index (χ3v) is 2.03. The Balaban J connectivity index is 2.77. The monoisotopic (exact) mass is 206 g/mol. The standard InChI is InChI=1S/C10H7FN2O2/c1-15-10(14)6-2-3-8(11)7-4-12-5-13-9(6)7/h2-5H,1H3. The average molecular weight is 206 g/mol. The first-order valence-corrected chi connectivity index (χ1v) is 4.20. The summed E-state index contributed by atoms with van der Waals surface area (Å²) in [7, 11) is 1.26. The van der Waals surface area contributed by atoms with Gasteiger partial charge in [0.25, 0.3) is 0 Å². The number of hydrogen-bond acceptors (Lipinski definition) is 4. The van der Waals surface area contributed by atoms with Crippen molar-refractivity contribution in [1.82, 2.24) is 9.97 Å². The topological polar surface area (TPSA) is 52.1 Å². The van der Waals surface area contributed by atoms with Crippen molar-refractivity contribution >= 4 is 16.9 Å². The van der Waals surface area contributed by atoms with Gasteiger partial charge in [0.05, 0.1) is 23.6 Å². The number of esters is 1. The molecule has 0 fully saturated rings. The maximum Gasteiger partial charge on any atom is 0.340 e. The van der Waals surface area contributed by atoms with Gasteiger partial charge in [-0.1, -0.05) is 0 Å². The van der Waals surface area contributed by atoms with Gasteiger partial charge in [-0.2, -0.15) is 0 Å². The van der Waals surface area contributed by atoms with Gasteiger partial charge in [0, 0.05) is 6.20 Å². The van der Waals surface area contributed by atoms with E-state index in [1.165, 1.54) is 31.8 Å². The number of carbonyl (C=O) groups is 1. The molecule has 1 heterocycles. The van der Waals surface area contributed by atoms with E-state index in [1.807, 2.05) is 0 Å². The lowest BCUT2D eigenvalue weighted by Crippen LogP contribution is -2.03. The molecule has 0 spiro atoms. The summed E-state index contributed by atoms with van der Waals surface area (Å²) in [5.41, 5.74) is 0.494. The molecule has 0 saturated heterocycles. The van der Waals surface area contributed by atoms with Crippen molar-refractivity contribution in [2.75, 3.05) is 7.11 Å². The molecule has 2 rings (SSSR count). The van der Waals surface area contributed by atoms with E-state index < -0.39 is 11.8 Å². The Hall–Kier alpha value is -2.04. The van der Waals surface area contributed by atoms with E-state index in [-0.39, 0.29) is 16.5 Å². The lowest BCUT2D eigenvalue weighted by Gasteiger charge is -2.03. The number of ether oxygens (including phenoxy) is 1. The number of aromatic nitrogens is 2. The molecule has 0 atom stereocenters. The van der Waals surface area contributed by atoms with Crippen LogP contribution in [0.1, 0.15) is 10.4 Å². The van der Waals surface area contributed by atoms with Crippen LogP contribution in [0, 0.1) is 5.82 Å². The van der Waals surface area contributed by atoms with Crippen LogP contribution >= 0.6 is 0 Å².